The van der Waals surface area contributed by atoms with Crippen molar-refractivity contribution in [2.24, 2.45) is 5.73 Å². The van der Waals surface area contributed by atoms with Crippen LogP contribution in [0.1, 0.15) is 25.3 Å². The van der Waals surface area contributed by atoms with E-state index in [1.807, 2.05) is 6.92 Å². The summed E-state index contributed by atoms with van der Waals surface area (Å²) in [5.41, 5.74) is 12.7. The SMILES string of the molecule is COc1cc(C2=CN(C)C(=C=O)C(C(=O)Nc3cccc(Sc4ncc(N5CCC(C)(N)CC5)nc4N)c3Cl)=C2O)ccc1O. The van der Waals surface area contributed by atoms with E-state index >= 15 is 0 Å². The molecule has 0 aliphatic carbocycles. The quantitative estimate of drug-likeness (QED) is 0.229. The molecule has 3 heterocycles. The number of nitrogen functional groups attached to an aromatic ring is 1. The van der Waals surface area contributed by atoms with E-state index in [-0.39, 0.29) is 50.4 Å². The van der Waals surface area contributed by atoms with Crippen molar-refractivity contribution in [1.29, 1.82) is 0 Å². The third-order valence-corrected chi connectivity index (χ3v) is 9.21. The van der Waals surface area contributed by atoms with Gasteiger partial charge in [-0.1, -0.05) is 35.5 Å². The van der Waals surface area contributed by atoms with Crippen LogP contribution in [-0.4, -0.2) is 69.7 Å². The smallest absolute Gasteiger partial charge is 0.262 e. The van der Waals surface area contributed by atoms with Crippen LogP contribution in [0.2, 0.25) is 5.02 Å². The fourth-order valence-corrected chi connectivity index (χ4v) is 6.07. The third kappa shape index (κ3) is 6.57. The Morgan fingerprint density at radius 1 is 1.22 bits per heavy atom. The minimum atomic E-state index is -0.795. The van der Waals surface area contributed by atoms with Crippen LogP contribution in [0.25, 0.3) is 5.57 Å². The summed E-state index contributed by atoms with van der Waals surface area (Å²) in [6, 6.07) is 9.44. The number of anilines is 3. The average molecular weight is 650 g/mol. The van der Waals surface area contributed by atoms with E-state index in [0.717, 1.165) is 25.9 Å². The number of aliphatic hydroxyl groups excluding tert-OH is 1. The van der Waals surface area contributed by atoms with Crippen molar-refractivity contribution >= 4 is 58.1 Å². The molecule has 1 amide bonds. The number of benzene rings is 2. The van der Waals surface area contributed by atoms with Crippen molar-refractivity contribution in [3.63, 3.8) is 0 Å². The Hall–Kier alpha value is -4.68. The van der Waals surface area contributed by atoms with Crippen molar-refractivity contribution in [1.82, 2.24) is 14.9 Å². The highest BCUT2D eigenvalue weighted by Crippen LogP contribution is 2.40. The minimum Gasteiger partial charge on any atom is -0.506 e. The van der Waals surface area contributed by atoms with E-state index < -0.39 is 11.7 Å². The second kappa shape index (κ2) is 12.7. The number of piperidine rings is 1. The lowest BCUT2D eigenvalue weighted by Crippen LogP contribution is -2.48. The molecule has 1 aromatic heterocycles. The number of likely N-dealkylation sites (N-methyl/N-ethyl adjacent to an activating group) is 1. The predicted octanol–water partition coefficient (Wildman–Crippen LogP) is 4.35. The number of carbonyl (C=O) groups is 1. The number of aromatic nitrogens is 2. The molecule has 5 rings (SSSR count). The number of ether oxygens (including phenoxy) is 1. The Morgan fingerprint density at radius 3 is 2.62 bits per heavy atom. The van der Waals surface area contributed by atoms with E-state index in [1.54, 1.807) is 43.5 Å². The number of phenolic OH excluding ortho intramolecular Hbond substituents is 1. The lowest BCUT2D eigenvalue weighted by molar-refractivity contribution is -0.112. The van der Waals surface area contributed by atoms with E-state index in [0.29, 0.717) is 21.3 Å². The molecule has 0 saturated carbocycles. The zero-order chi connectivity index (χ0) is 32.5. The van der Waals surface area contributed by atoms with Crippen LogP contribution in [0, 0.1) is 0 Å². The lowest BCUT2D eigenvalue weighted by atomic mass is 9.91. The Labute approximate surface area is 269 Å². The molecule has 1 saturated heterocycles. The zero-order valence-corrected chi connectivity index (χ0v) is 26.4. The summed E-state index contributed by atoms with van der Waals surface area (Å²) in [7, 11) is 2.93. The molecule has 7 N–H and O–H groups in total. The molecular formula is C31H32ClN7O5S. The van der Waals surface area contributed by atoms with Gasteiger partial charge in [0, 0.05) is 42.3 Å². The Balaban J connectivity index is 1.39. The number of hydrogen-bond acceptors (Lipinski definition) is 12. The topological polar surface area (TPSA) is 180 Å². The average Bonchev–Trinajstić information content (AvgIpc) is 3.01. The number of rotatable bonds is 7. The molecule has 0 spiro atoms. The molecule has 234 valence electrons. The molecule has 0 atom stereocenters. The van der Waals surface area contributed by atoms with Gasteiger partial charge in [0.1, 0.15) is 27.9 Å². The first kappa shape index (κ1) is 31.7. The van der Waals surface area contributed by atoms with E-state index in [2.05, 4.69) is 20.2 Å². The Bertz CT molecular complexity index is 1780. The number of nitrogens with one attached hydrogen (secondary N) is 1. The number of aliphatic hydroxyl groups is 1. The first-order valence-corrected chi connectivity index (χ1v) is 15.1. The van der Waals surface area contributed by atoms with Crippen LogP contribution >= 0.6 is 23.4 Å². The summed E-state index contributed by atoms with van der Waals surface area (Å²) in [6.07, 6.45) is 4.79. The van der Waals surface area contributed by atoms with Gasteiger partial charge < -0.3 is 41.5 Å². The summed E-state index contributed by atoms with van der Waals surface area (Å²) >= 11 is 7.90. The number of nitrogens with zero attached hydrogens (tertiary/aromatic N) is 4. The summed E-state index contributed by atoms with van der Waals surface area (Å²) < 4.78 is 5.17. The summed E-state index contributed by atoms with van der Waals surface area (Å²) in [5.74, 6) is 1.44. The van der Waals surface area contributed by atoms with Gasteiger partial charge in [0.25, 0.3) is 5.91 Å². The maximum absolute atomic E-state index is 13.6. The molecular weight excluding hydrogens is 618 g/mol. The molecule has 2 aromatic carbocycles. The zero-order valence-electron chi connectivity index (χ0n) is 24.8. The van der Waals surface area contributed by atoms with Gasteiger partial charge >= 0.3 is 0 Å². The van der Waals surface area contributed by atoms with Gasteiger partial charge in [0.15, 0.2) is 23.3 Å². The summed E-state index contributed by atoms with van der Waals surface area (Å²) in [4.78, 5) is 38.6. The molecule has 14 heteroatoms. The standard InChI is InChI=1S/C31H32ClN7O5S/c1-31(34)9-11-39(12-10-31)24-14-35-30(28(33)37-24)45-23-6-4-5-19(26(23)32)36-29(43)25-20(16-40)38(2)15-18(27(25)42)17-7-8-21(41)22(13-17)44-3/h4-8,13-15,41-42H,9-12,34H2,1-3H3,(H2,33,37)(H,36,43). The second-order valence-electron chi connectivity index (χ2n) is 10.9. The largest absolute Gasteiger partial charge is 0.506 e. The van der Waals surface area contributed by atoms with Crippen molar-refractivity contribution in [3.05, 3.63) is 76.4 Å². The van der Waals surface area contributed by atoms with Gasteiger partial charge in [0.2, 0.25) is 0 Å². The second-order valence-corrected chi connectivity index (χ2v) is 12.4. The van der Waals surface area contributed by atoms with E-state index in [4.69, 9.17) is 27.8 Å². The molecule has 1 fully saturated rings. The van der Waals surface area contributed by atoms with Crippen LogP contribution < -0.4 is 26.4 Å². The molecule has 3 aromatic rings. The van der Waals surface area contributed by atoms with Gasteiger partial charge in [-0.3, -0.25) is 4.79 Å². The normalized spacial score (nSPS) is 16.3. The van der Waals surface area contributed by atoms with Crippen LogP contribution in [0.15, 0.2) is 75.7 Å². The number of phenols is 1. The fourth-order valence-electron chi connectivity index (χ4n) is 4.97. The third-order valence-electron chi connectivity index (χ3n) is 7.62. The van der Waals surface area contributed by atoms with E-state index in [1.165, 1.54) is 42.1 Å². The van der Waals surface area contributed by atoms with Gasteiger partial charge in [-0.15, -0.1) is 0 Å². The predicted molar refractivity (Wildman–Crippen MR) is 174 cm³/mol. The monoisotopic (exact) mass is 649 g/mol. The molecule has 2 aliphatic heterocycles. The number of halogens is 1. The van der Waals surface area contributed by atoms with Crippen molar-refractivity contribution in [2.45, 2.75) is 35.2 Å². The molecule has 0 radical (unpaired) electrons. The fraction of sp³-hybridized carbons (Fsp3) is 0.258. The Kier molecular flexibility index (Phi) is 8.98. The number of nitrogens with two attached hydrogens (primary N) is 2. The van der Waals surface area contributed by atoms with Crippen LogP contribution in [0.3, 0.4) is 0 Å². The van der Waals surface area contributed by atoms with Crippen molar-refractivity contribution < 1.29 is 24.5 Å². The molecule has 0 unspecified atom stereocenters. The maximum Gasteiger partial charge on any atom is 0.262 e. The van der Waals surface area contributed by atoms with Gasteiger partial charge in [-0.2, -0.15) is 0 Å². The maximum atomic E-state index is 13.6. The van der Waals surface area contributed by atoms with Gasteiger partial charge in [0.05, 0.1) is 24.0 Å². The number of carbonyl (C=O) groups excluding carboxylic acids is 2. The highest BCUT2D eigenvalue weighted by molar-refractivity contribution is 7.99. The molecule has 45 heavy (non-hydrogen) atoms. The number of aromatic hydroxyl groups is 1. The number of allylic oxidation sites excluding steroid dienone is 1. The van der Waals surface area contributed by atoms with Crippen molar-refractivity contribution in [2.75, 3.05) is 43.2 Å². The van der Waals surface area contributed by atoms with E-state index in [9.17, 15) is 19.8 Å². The summed E-state index contributed by atoms with van der Waals surface area (Å²) in [6.45, 7) is 3.55. The molecule has 2 aliphatic rings. The lowest BCUT2D eigenvalue weighted by Gasteiger charge is -2.37. The van der Waals surface area contributed by atoms with Crippen LogP contribution in [0.4, 0.5) is 17.3 Å². The van der Waals surface area contributed by atoms with Crippen molar-refractivity contribution in [3.8, 4) is 11.5 Å². The Morgan fingerprint density at radius 2 is 1.96 bits per heavy atom. The molecule has 12 nitrogen and oxygen atoms in total. The van der Waals surface area contributed by atoms with Gasteiger partial charge in [-0.05, 0) is 49.6 Å². The number of hydrogen-bond donors (Lipinski definition) is 5. The number of methoxy groups -OCH3 is 1. The number of amides is 1. The van der Waals surface area contributed by atoms with Crippen LogP contribution in [0.5, 0.6) is 11.5 Å². The highest BCUT2D eigenvalue weighted by Gasteiger charge is 2.31. The minimum absolute atomic E-state index is 0.0985. The van der Waals surface area contributed by atoms with Crippen LogP contribution in [-0.2, 0) is 9.59 Å². The first-order chi connectivity index (χ1) is 21.4. The van der Waals surface area contributed by atoms with Gasteiger partial charge in [-0.25, -0.2) is 14.8 Å². The first-order valence-electron chi connectivity index (χ1n) is 13.9. The highest BCUT2D eigenvalue weighted by atomic mass is 35.5. The molecule has 0 bridgehead atoms. The summed E-state index contributed by atoms with van der Waals surface area (Å²) in [5, 5.41) is 24.5.